The van der Waals surface area contributed by atoms with Crippen molar-refractivity contribution in [2.24, 2.45) is 0 Å². The summed E-state index contributed by atoms with van der Waals surface area (Å²) in [5, 5.41) is 2.88. The van der Waals surface area contributed by atoms with Crippen molar-refractivity contribution in [3.05, 3.63) is 47.1 Å². The third-order valence-corrected chi connectivity index (χ3v) is 3.21. The van der Waals surface area contributed by atoms with Crippen LogP contribution in [0.25, 0.3) is 11.3 Å². The molecule has 1 heterocycles. The number of methoxy groups -OCH3 is 1. The molecule has 0 spiro atoms. The fraction of sp³-hybridized carbons (Fsp3) is 0.200. The van der Waals surface area contributed by atoms with E-state index in [2.05, 4.69) is 15.0 Å². The summed E-state index contributed by atoms with van der Waals surface area (Å²) < 4.78 is 28.9. The zero-order valence-electron chi connectivity index (χ0n) is 11.6. The van der Waals surface area contributed by atoms with E-state index in [4.69, 9.17) is 11.6 Å². The number of carbonyl (C=O) groups excluding carboxylic acids is 1. The number of rotatable bonds is 5. The lowest BCUT2D eigenvalue weighted by Gasteiger charge is -2.09. The van der Waals surface area contributed by atoms with Gasteiger partial charge in [0.05, 0.1) is 35.6 Å². The van der Waals surface area contributed by atoms with Gasteiger partial charge in [0, 0.05) is 11.8 Å². The maximum atomic E-state index is 12.2. The third kappa shape index (κ3) is 3.92. The normalized spacial score (nSPS) is 10.6. The molecule has 1 aromatic carbocycles. The fourth-order valence-corrected chi connectivity index (χ4v) is 2.06. The van der Waals surface area contributed by atoms with Crippen LogP contribution in [0.4, 0.5) is 14.5 Å². The van der Waals surface area contributed by atoms with Crippen molar-refractivity contribution in [2.45, 2.75) is 6.43 Å². The van der Waals surface area contributed by atoms with Gasteiger partial charge in [0.25, 0.3) is 6.43 Å². The zero-order valence-corrected chi connectivity index (χ0v) is 12.4. The number of nitrogens with zero attached hydrogens (tertiary/aromatic N) is 1. The lowest BCUT2D eigenvalue weighted by atomic mass is 10.1. The van der Waals surface area contributed by atoms with Gasteiger partial charge in [0.2, 0.25) is 0 Å². The van der Waals surface area contributed by atoms with Gasteiger partial charge in [0.15, 0.2) is 0 Å². The number of anilines is 1. The van der Waals surface area contributed by atoms with Crippen LogP contribution in [0.15, 0.2) is 36.5 Å². The summed E-state index contributed by atoms with van der Waals surface area (Å²) in [5.41, 5.74) is 2.09. The molecular weight excluding hydrogens is 314 g/mol. The third-order valence-electron chi connectivity index (χ3n) is 2.90. The molecule has 1 N–H and O–H groups in total. The summed E-state index contributed by atoms with van der Waals surface area (Å²) in [6.07, 6.45) is -1.05. The van der Waals surface area contributed by atoms with Crippen LogP contribution in [-0.4, -0.2) is 31.0 Å². The highest BCUT2D eigenvalue weighted by atomic mass is 35.5. The summed E-state index contributed by atoms with van der Waals surface area (Å²) in [7, 11) is 1.29. The van der Waals surface area contributed by atoms with Gasteiger partial charge in [-0.1, -0.05) is 17.7 Å². The lowest BCUT2D eigenvalue weighted by molar-refractivity contribution is 0.0600. The van der Waals surface area contributed by atoms with Gasteiger partial charge in [0.1, 0.15) is 0 Å². The standard InChI is InChI=1S/C15H13ClF2N2O2/c1-22-15(21)10-3-4-12(19-7-10)9-2-5-13(11(16)6-9)20-8-14(17)18/h2-7,14,20H,8H2,1H3. The number of halogens is 3. The first-order chi connectivity index (χ1) is 10.5. The molecule has 0 saturated carbocycles. The second-order valence-corrected chi connectivity index (χ2v) is 4.80. The SMILES string of the molecule is COC(=O)c1ccc(-c2ccc(NCC(F)F)c(Cl)c2)nc1. The quantitative estimate of drug-likeness (QED) is 0.848. The van der Waals surface area contributed by atoms with Crippen LogP contribution >= 0.6 is 11.6 Å². The van der Waals surface area contributed by atoms with Crippen molar-refractivity contribution in [2.75, 3.05) is 19.0 Å². The van der Waals surface area contributed by atoms with E-state index in [0.29, 0.717) is 27.5 Å². The van der Waals surface area contributed by atoms with Crippen molar-refractivity contribution in [1.29, 1.82) is 0 Å². The van der Waals surface area contributed by atoms with E-state index < -0.39 is 18.9 Å². The van der Waals surface area contributed by atoms with Crippen LogP contribution < -0.4 is 5.32 Å². The number of alkyl halides is 2. The first-order valence-corrected chi connectivity index (χ1v) is 6.75. The number of benzene rings is 1. The highest BCUT2D eigenvalue weighted by molar-refractivity contribution is 6.33. The minimum atomic E-state index is -2.46. The molecule has 0 bridgehead atoms. The van der Waals surface area contributed by atoms with Gasteiger partial charge < -0.3 is 10.1 Å². The number of esters is 1. The molecule has 0 saturated heterocycles. The van der Waals surface area contributed by atoms with Gasteiger partial charge in [-0.2, -0.15) is 0 Å². The van der Waals surface area contributed by atoms with Gasteiger partial charge in [-0.15, -0.1) is 0 Å². The Morgan fingerprint density at radius 1 is 1.36 bits per heavy atom. The summed E-state index contributed by atoms with van der Waals surface area (Å²) in [6, 6.07) is 8.18. The Balaban J connectivity index is 2.19. The summed E-state index contributed by atoms with van der Waals surface area (Å²) >= 11 is 6.06. The number of hydrogen-bond acceptors (Lipinski definition) is 4. The minimum Gasteiger partial charge on any atom is -0.465 e. The van der Waals surface area contributed by atoms with Gasteiger partial charge in [-0.25, -0.2) is 13.6 Å². The maximum Gasteiger partial charge on any atom is 0.339 e. The van der Waals surface area contributed by atoms with Crippen LogP contribution in [0.3, 0.4) is 0 Å². The van der Waals surface area contributed by atoms with Crippen LogP contribution in [-0.2, 0) is 4.74 Å². The second-order valence-electron chi connectivity index (χ2n) is 4.39. The van der Waals surface area contributed by atoms with Gasteiger partial charge in [-0.05, 0) is 24.3 Å². The molecule has 4 nitrogen and oxygen atoms in total. The molecule has 0 amide bonds. The molecule has 22 heavy (non-hydrogen) atoms. The van der Waals surface area contributed by atoms with Crippen molar-refractivity contribution >= 4 is 23.3 Å². The highest BCUT2D eigenvalue weighted by Crippen LogP contribution is 2.28. The van der Waals surface area contributed by atoms with E-state index >= 15 is 0 Å². The molecule has 116 valence electrons. The average Bonchev–Trinajstić information content (AvgIpc) is 2.53. The van der Waals surface area contributed by atoms with Crippen LogP contribution in [0.1, 0.15) is 10.4 Å². The van der Waals surface area contributed by atoms with E-state index in [-0.39, 0.29) is 0 Å². The van der Waals surface area contributed by atoms with E-state index in [1.165, 1.54) is 13.3 Å². The summed E-state index contributed by atoms with van der Waals surface area (Å²) in [4.78, 5) is 15.5. The fourth-order valence-electron chi connectivity index (χ4n) is 1.81. The van der Waals surface area contributed by atoms with Crippen molar-refractivity contribution in [1.82, 2.24) is 4.98 Å². The number of nitrogens with one attached hydrogen (secondary N) is 1. The molecule has 0 fully saturated rings. The second kappa shape index (κ2) is 7.17. The van der Waals surface area contributed by atoms with E-state index in [1.807, 2.05) is 0 Å². The Hall–Kier alpha value is -2.21. The first kappa shape index (κ1) is 16.2. The Morgan fingerprint density at radius 3 is 2.68 bits per heavy atom. The molecule has 0 atom stereocenters. The molecule has 7 heteroatoms. The Kier molecular flexibility index (Phi) is 5.27. The number of aromatic nitrogens is 1. The van der Waals surface area contributed by atoms with Crippen molar-refractivity contribution in [3.8, 4) is 11.3 Å². The number of pyridine rings is 1. The lowest BCUT2D eigenvalue weighted by Crippen LogP contribution is -2.10. The molecule has 1 aromatic heterocycles. The van der Waals surface area contributed by atoms with Gasteiger partial charge in [-0.3, -0.25) is 4.98 Å². The smallest absolute Gasteiger partial charge is 0.339 e. The minimum absolute atomic E-state index is 0.317. The first-order valence-electron chi connectivity index (χ1n) is 6.37. The monoisotopic (exact) mass is 326 g/mol. The zero-order chi connectivity index (χ0) is 16.1. The van der Waals surface area contributed by atoms with Crippen LogP contribution in [0.5, 0.6) is 0 Å². The molecule has 2 aromatic rings. The molecule has 0 aliphatic rings. The van der Waals surface area contributed by atoms with Crippen LogP contribution in [0, 0.1) is 0 Å². The largest absolute Gasteiger partial charge is 0.465 e. The average molecular weight is 327 g/mol. The van der Waals surface area contributed by atoms with Gasteiger partial charge >= 0.3 is 5.97 Å². The number of ether oxygens (including phenoxy) is 1. The van der Waals surface area contributed by atoms with Crippen molar-refractivity contribution in [3.63, 3.8) is 0 Å². The molecular formula is C15H13ClF2N2O2. The molecule has 0 aliphatic heterocycles. The number of carbonyl (C=O) groups is 1. The van der Waals surface area contributed by atoms with E-state index in [9.17, 15) is 13.6 Å². The van der Waals surface area contributed by atoms with Crippen molar-refractivity contribution < 1.29 is 18.3 Å². The predicted molar refractivity (Wildman–Crippen MR) is 80.5 cm³/mol. The van der Waals surface area contributed by atoms with Crippen LogP contribution in [0.2, 0.25) is 5.02 Å². The molecule has 2 rings (SSSR count). The Labute approximate surface area is 131 Å². The molecule has 0 aliphatic carbocycles. The predicted octanol–water partition coefficient (Wildman–Crippen LogP) is 3.87. The molecule has 0 unspecified atom stereocenters. The maximum absolute atomic E-state index is 12.2. The highest BCUT2D eigenvalue weighted by Gasteiger charge is 2.09. The van der Waals surface area contributed by atoms with E-state index in [1.54, 1.807) is 30.3 Å². The number of hydrogen-bond donors (Lipinski definition) is 1. The Morgan fingerprint density at radius 2 is 2.14 bits per heavy atom. The molecule has 0 radical (unpaired) electrons. The van der Waals surface area contributed by atoms with E-state index in [0.717, 1.165) is 0 Å². The Bertz CT molecular complexity index is 663. The summed E-state index contributed by atoms with van der Waals surface area (Å²) in [6.45, 7) is -0.467. The topological polar surface area (TPSA) is 51.2 Å². The summed E-state index contributed by atoms with van der Waals surface area (Å²) in [5.74, 6) is -0.469.